The van der Waals surface area contributed by atoms with Crippen molar-refractivity contribution in [1.29, 1.82) is 0 Å². The summed E-state index contributed by atoms with van der Waals surface area (Å²) in [6, 6.07) is 4.14. The van der Waals surface area contributed by atoms with Crippen LogP contribution in [0.15, 0.2) is 12.1 Å². The fourth-order valence-electron chi connectivity index (χ4n) is 2.51. The quantitative estimate of drug-likeness (QED) is 0.837. The van der Waals surface area contributed by atoms with Crippen LogP contribution in [0.5, 0.6) is 0 Å². The van der Waals surface area contributed by atoms with E-state index in [9.17, 15) is 0 Å². The molecule has 4 nitrogen and oxygen atoms in total. The maximum atomic E-state index is 5.71. The van der Waals surface area contributed by atoms with Gasteiger partial charge < -0.3 is 4.74 Å². The van der Waals surface area contributed by atoms with Crippen LogP contribution < -0.4 is 0 Å². The lowest BCUT2D eigenvalue weighted by Crippen LogP contribution is -2.18. The maximum Gasteiger partial charge on any atom is 0.0980 e. The molecule has 3 heterocycles. The summed E-state index contributed by atoms with van der Waals surface area (Å²) in [6.07, 6.45) is 1.18. The number of fused-ring (bicyclic) bond motifs is 1. The predicted molar refractivity (Wildman–Crippen MR) is 69.2 cm³/mol. The molecule has 0 fully saturated rings. The van der Waals surface area contributed by atoms with E-state index in [0.29, 0.717) is 6.61 Å². The molecule has 4 heteroatoms. The first-order valence-corrected chi connectivity index (χ1v) is 6.27. The third kappa shape index (κ3) is 1.93. The summed E-state index contributed by atoms with van der Waals surface area (Å²) in [7, 11) is 0. The van der Waals surface area contributed by atoms with E-state index in [4.69, 9.17) is 4.74 Å². The Hall–Kier alpha value is -1.68. The Morgan fingerprint density at radius 1 is 1.28 bits per heavy atom. The first kappa shape index (κ1) is 11.4. The van der Waals surface area contributed by atoms with Gasteiger partial charge in [0.1, 0.15) is 0 Å². The molecular weight excluding hydrogens is 226 g/mol. The SMILES string of the molecule is Cc1cc(-c2n[nH]c3c2COC(C)C3)cc(C)n1. The highest BCUT2D eigenvalue weighted by atomic mass is 16.5. The molecule has 1 unspecified atom stereocenters. The monoisotopic (exact) mass is 243 g/mol. The van der Waals surface area contributed by atoms with Gasteiger partial charge >= 0.3 is 0 Å². The molecule has 1 aliphatic rings. The van der Waals surface area contributed by atoms with Crippen molar-refractivity contribution in [3.05, 3.63) is 34.8 Å². The number of ether oxygens (including phenoxy) is 1. The van der Waals surface area contributed by atoms with Crippen molar-refractivity contribution in [1.82, 2.24) is 15.2 Å². The van der Waals surface area contributed by atoms with Gasteiger partial charge in [0.2, 0.25) is 0 Å². The minimum atomic E-state index is 0.270. The van der Waals surface area contributed by atoms with Crippen LogP contribution in [0.4, 0.5) is 0 Å². The molecule has 0 aromatic carbocycles. The molecule has 94 valence electrons. The third-order valence-corrected chi connectivity index (χ3v) is 3.31. The Balaban J connectivity index is 2.07. The van der Waals surface area contributed by atoms with Crippen LogP contribution >= 0.6 is 0 Å². The predicted octanol–water partition coefficient (Wildman–Crippen LogP) is 2.55. The Kier molecular flexibility index (Phi) is 2.67. The number of nitrogens with one attached hydrogen (secondary N) is 1. The van der Waals surface area contributed by atoms with E-state index in [1.807, 2.05) is 13.8 Å². The number of pyridine rings is 1. The van der Waals surface area contributed by atoms with Gasteiger partial charge in [-0.25, -0.2) is 0 Å². The second kappa shape index (κ2) is 4.21. The van der Waals surface area contributed by atoms with E-state index in [2.05, 4.69) is 34.2 Å². The van der Waals surface area contributed by atoms with Gasteiger partial charge in [-0.3, -0.25) is 10.1 Å². The van der Waals surface area contributed by atoms with Crippen LogP contribution in [0.3, 0.4) is 0 Å². The topological polar surface area (TPSA) is 50.8 Å². The molecule has 3 rings (SSSR count). The van der Waals surface area contributed by atoms with E-state index in [1.54, 1.807) is 0 Å². The second-order valence-electron chi connectivity index (χ2n) is 4.99. The largest absolute Gasteiger partial charge is 0.373 e. The van der Waals surface area contributed by atoms with E-state index < -0.39 is 0 Å². The van der Waals surface area contributed by atoms with E-state index in [-0.39, 0.29) is 6.10 Å². The summed E-state index contributed by atoms with van der Waals surface area (Å²) in [5.74, 6) is 0. The molecule has 0 saturated carbocycles. The summed E-state index contributed by atoms with van der Waals surface area (Å²) in [5.41, 5.74) is 6.56. The Morgan fingerprint density at radius 2 is 2.00 bits per heavy atom. The van der Waals surface area contributed by atoms with Crippen LogP contribution in [0.1, 0.15) is 29.6 Å². The number of aromatic amines is 1. The Labute approximate surface area is 106 Å². The molecule has 0 saturated heterocycles. The number of hydrogen-bond acceptors (Lipinski definition) is 3. The normalized spacial score (nSPS) is 18.7. The fraction of sp³-hybridized carbons (Fsp3) is 0.429. The van der Waals surface area contributed by atoms with Crippen molar-refractivity contribution >= 4 is 0 Å². The van der Waals surface area contributed by atoms with Gasteiger partial charge in [0.25, 0.3) is 0 Å². The highest BCUT2D eigenvalue weighted by Gasteiger charge is 2.22. The van der Waals surface area contributed by atoms with Gasteiger partial charge in [-0.15, -0.1) is 0 Å². The highest BCUT2D eigenvalue weighted by molar-refractivity contribution is 5.64. The molecular formula is C14H17N3O. The van der Waals surface area contributed by atoms with Crippen LogP contribution in [0.2, 0.25) is 0 Å². The molecule has 0 radical (unpaired) electrons. The van der Waals surface area contributed by atoms with Crippen molar-refractivity contribution in [2.24, 2.45) is 0 Å². The molecule has 2 aromatic heterocycles. The van der Waals surface area contributed by atoms with Crippen molar-refractivity contribution in [3.8, 4) is 11.3 Å². The van der Waals surface area contributed by atoms with Crippen LogP contribution in [-0.4, -0.2) is 21.3 Å². The standard InChI is InChI=1S/C14H17N3O/c1-8-4-11(5-9(2)15-8)14-12-7-18-10(3)6-13(12)16-17-14/h4-5,10H,6-7H2,1-3H3,(H,16,17). The first-order chi connectivity index (χ1) is 8.63. The van der Waals surface area contributed by atoms with E-state index in [1.165, 1.54) is 11.3 Å². The molecule has 1 atom stereocenters. The molecule has 1 N–H and O–H groups in total. The third-order valence-electron chi connectivity index (χ3n) is 3.31. The molecule has 0 amide bonds. The highest BCUT2D eigenvalue weighted by Crippen LogP contribution is 2.29. The van der Waals surface area contributed by atoms with E-state index in [0.717, 1.165) is 29.1 Å². The minimum Gasteiger partial charge on any atom is -0.373 e. The van der Waals surface area contributed by atoms with Gasteiger partial charge in [0, 0.05) is 34.6 Å². The van der Waals surface area contributed by atoms with Crippen LogP contribution in [0, 0.1) is 13.8 Å². The van der Waals surface area contributed by atoms with Crippen LogP contribution in [0.25, 0.3) is 11.3 Å². The summed E-state index contributed by atoms with van der Waals surface area (Å²) in [4.78, 5) is 4.40. The van der Waals surface area contributed by atoms with Gasteiger partial charge in [-0.05, 0) is 32.9 Å². The number of rotatable bonds is 1. The second-order valence-corrected chi connectivity index (χ2v) is 4.99. The summed E-state index contributed by atoms with van der Waals surface area (Å²) in [6.45, 7) is 6.75. The number of nitrogens with zero attached hydrogens (tertiary/aromatic N) is 2. The lowest BCUT2D eigenvalue weighted by Gasteiger charge is -2.19. The molecule has 2 aromatic rings. The smallest absolute Gasteiger partial charge is 0.0980 e. The van der Waals surface area contributed by atoms with Crippen molar-refractivity contribution < 1.29 is 4.74 Å². The molecule has 1 aliphatic heterocycles. The average Bonchev–Trinajstić information content (AvgIpc) is 2.70. The summed E-state index contributed by atoms with van der Waals surface area (Å²) < 4.78 is 5.71. The summed E-state index contributed by atoms with van der Waals surface area (Å²) in [5, 5.41) is 7.60. The lowest BCUT2D eigenvalue weighted by atomic mass is 10.0. The minimum absolute atomic E-state index is 0.270. The molecule has 0 aliphatic carbocycles. The number of hydrogen-bond donors (Lipinski definition) is 1. The Morgan fingerprint density at radius 3 is 2.72 bits per heavy atom. The van der Waals surface area contributed by atoms with Gasteiger partial charge in [-0.2, -0.15) is 5.10 Å². The van der Waals surface area contributed by atoms with E-state index >= 15 is 0 Å². The number of aryl methyl sites for hydroxylation is 2. The maximum absolute atomic E-state index is 5.71. The zero-order chi connectivity index (χ0) is 12.7. The Bertz CT molecular complexity index is 568. The summed E-state index contributed by atoms with van der Waals surface area (Å²) >= 11 is 0. The van der Waals surface area contributed by atoms with Crippen LogP contribution in [-0.2, 0) is 17.8 Å². The molecule has 0 bridgehead atoms. The van der Waals surface area contributed by atoms with Crippen molar-refractivity contribution in [2.75, 3.05) is 0 Å². The van der Waals surface area contributed by atoms with Gasteiger partial charge in [0.05, 0.1) is 18.4 Å². The lowest BCUT2D eigenvalue weighted by molar-refractivity contribution is 0.0407. The number of H-pyrrole nitrogens is 1. The zero-order valence-electron chi connectivity index (χ0n) is 10.9. The van der Waals surface area contributed by atoms with Gasteiger partial charge in [-0.1, -0.05) is 0 Å². The molecule has 0 spiro atoms. The van der Waals surface area contributed by atoms with Crippen molar-refractivity contribution in [2.45, 2.75) is 39.9 Å². The first-order valence-electron chi connectivity index (χ1n) is 6.27. The fourth-order valence-corrected chi connectivity index (χ4v) is 2.51. The molecule has 18 heavy (non-hydrogen) atoms. The average molecular weight is 243 g/mol. The zero-order valence-corrected chi connectivity index (χ0v) is 10.9. The number of aromatic nitrogens is 3. The van der Waals surface area contributed by atoms with Crippen molar-refractivity contribution in [3.63, 3.8) is 0 Å². The van der Waals surface area contributed by atoms with Gasteiger partial charge in [0.15, 0.2) is 0 Å².